The maximum atomic E-state index is 12.7. The van der Waals surface area contributed by atoms with Gasteiger partial charge in [0.2, 0.25) is 0 Å². The van der Waals surface area contributed by atoms with Crippen molar-refractivity contribution in [1.29, 1.82) is 0 Å². The summed E-state index contributed by atoms with van der Waals surface area (Å²) in [6.45, 7) is 0. The maximum absolute atomic E-state index is 12.7. The molecule has 0 aromatic heterocycles. The number of carbonyl (C=O) groups is 1. The first-order chi connectivity index (χ1) is 10.4. The molecule has 1 N–H and O–H groups in total. The Balaban J connectivity index is 2.12. The molecule has 0 amide bonds. The van der Waals surface area contributed by atoms with Crippen molar-refractivity contribution in [3.8, 4) is 11.1 Å². The highest BCUT2D eigenvalue weighted by molar-refractivity contribution is 5.66. The zero-order valence-electron chi connectivity index (χ0n) is 11.7. The molecule has 0 saturated heterocycles. The molecule has 0 fully saturated rings. The number of carboxylic acids is 1. The number of halogens is 3. The van der Waals surface area contributed by atoms with E-state index in [1.165, 1.54) is 6.07 Å². The van der Waals surface area contributed by atoms with Gasteiger partial charge in [0.05, 0.1) is 5.56 Å². The van der Waals surface area contributed by atoms with E-state index < -0.39 is 17.7 Å². The van der Waals surface area contributed by atoms with E-state index in [4.69, 9.17) is 5.11 Å². The lowest BCUT2D eigenvalue weighted by Gasteiger charge is -2.09. The first-order valence-corrected chi connectivity index (χ1v) is 6.84. The summed E-state index contributed by atoms with van der Waals surface area (Å²) in [6.07, 6.45) is -3.07. The Hall–Kier alpha value is -2.30. The quantitative estimate of drug-likeness (QED) is 0.863. The molecule has 116 valence electrons. The lowest BCUT2D eigenvalue weighted by molar-refractivity contribution is -0.138. The Bertz CT molecular complexity index is 646. The molecule has 2 nitrogen and oxygen atoms in total. The molecule has 2 aromatic rings. The van der Waals surface area contributed by atoms with Crippen LogP contribution < -0.4 is 0 Å². The van der Waals surface area contributed by atoms with E-state index in [1.54, 1.807) is 18.2 Å². The van der Waals surface area contributed by atoms with Crippen LogP contribution in [0.2, 0.25) is 0 Å². The summed E-state index contributed by atoms with van der Waals surface area (Å²) in [5.74, 6) is -0.833. The van der Waals surface area contributed by atoms with Gasteiger partial charge < -0.3 is 5.11 Å². The fourth-order valence-electron chi connectivity index (χ4n) is 2.18. The van der Waals surface area contributed by atoms with E-state index in [1.807, 2.05) is 12.1 Å². The number of benzene rings is 2. The third-order valence-electron chi connectivity index (χ3n) is 3.33. The molecule has 22 heavy (non-hydrogen) atoms. The molecular formula is C17H15F3O2. The van der Waals surface area contributed by atoms with Crippen LogP contribution in [0.25, 0.3) is 11.1 Å². The van der Waals surface area contributed by atoms with Crippen molar-refractivity contribution in [2.75, 3.05) is 0 Å². The zero-order chi connectivity index (χ0) is 16.2. The molecule has 2 rings (SSSR count). The van der Waals surface area contributed by atoms with Gasteiger partial charge in [0.25, 0.3) is 0 Å². The van der Waals surface area contributed by atoms with Crippen molar-refractivity contribution in [3.05, 3.63) is 59.7 Å². The van der Waals surface area contributed by atoms with Gasteiger partial charge in [-0.05, 0) is 41.7 Å². The molecule has 0 aliphatic heterocycles. The summed E-state index contributed by atoms with van der Waals surface area (Å²) < 4.78 is 38.1. The molecule has 0 aliphatic rings. The highest BCUT2D eigenvalue weighted by atomic mass is 19.4. The van der Waals surface area contributed by atoms with Gasteiger partial charge in [-0.25, -0.2) is 0 Å². The fraction of sp³-hybridized carbons (Fsp3) is 0.235. The number of rotatable bonds is 5. The van der Waals surface area contributed by atoms with Gasteiger partial charge in [-0.15, -0.1) is 0 Å². The van der Waals surface area contributed by atoms with Crippen LogP contribution in [0.1, 0.15) is 24.0 Å². The summed E-state index contributed by atoms with van der Waals surface area (Å²) in [5.41, 5.74) is 1.51. The van der Waals surface area contributed by atoms with Gasteiger partial charge in [0, 0.05) is 6.42 Å². The molecule has 2 aromatic carbocycles. The lowest BCUT2D eigenvalue weighted by atomic mass is 10.00. The number of aryl methyl sites for hydroxylation is 1. The standard InChI is InChI=1S/C17H15F3O2/c18-17(19,20)15-5-2-4-14(11-15)13-9-7-12(8-10-13)3-1-6-16(21)22/h2,4-5,7-11H,1,3,6H2,(H,21,22). The summed E-state index contributed by atoms with van der Waals surface area (Å²) in [5, 5.41) is 8.58. The highest BCUT2D eigenvalue weighted by Gasteiger charge is 2.30. The Morgan fingerprint density at radius 1 is 1.00 bits per heavy atom. The van der Waals surface area contributed by atoms with Gasteiger partial charge in [0.15, 0.2) is 0 Å². The minimum absolute atomic E-state index is 0.107. The van der Waals surface area contributed by atoms with Crippen LogP contribution in [0.5, 0.6) is 0 Å². The fourth-order valence-corrected chi connectivity index (χ4v) is 2.18. The SMILES string of the molecule is O=C(O)CCCc1ccc(-c2cccc(C(F)(F)F)c2)cc1. The Morgan fingerprint density at radius 3 is 2.27 bits per heavy atom. The largest absolute Gasteiger partial charge is 0.481 e. The molecule has 0 saturated carbocycles. The monoisotopic (exact) mass is 308 g/mol. The summed E-state index contributed by atoms with van der Waals surface area (Å²) in [6, 6.07) is 12.3. The van der Waals surface area contributed by atoms with Crippen LogP contribution in [0.3, 0.4) is 0 Å². The smallest absolute Gasteiger partial charge is 0.416 e. The second-order valence-corrected chi connectivity index (χ2v) is 5.02. The molecule has 0 heterocycles. The number of hydrogen-bond acceptors (Lipinski definition) is 1. The van der Waals surface area contributed by atoms with E-state index in [0.717, 1.165) is 17.7 Å². The third-order valence-corrected chi connectivity index (χ3v) is 3.33. The zero-order valence-corrected chi connectivity index (χ0v) is 11.7. The molecule has 5 heteroatoms. The van der Waals surface area contributed by atoms with Gasteiger partial charge in [-0.3, -0.25) is 4.79 Å². The van der Waals surface area contributed by atoms with E-state index >= 15 is 0 Å². The second-order valence-electron chi connectivity index (χ2n) is 5.02. The molecule has 0 atom stereocenters. The van der Waals surface area contributed by atoms with Crippen molar-refractivity contribution >= 4 is 5.97 Å². The van der Waals surface area contributed by atoms with Crippen LogP contribution in [-0.2, 0) is 17.4 Å². The van der Waals surface area contributed by atoms with Crippen molar-refractivity contribution in [1.82, 2.24) is 0 Å². The summed E-state index contributed by atoms with van der Waals surface area (Å²) >= 11 is 0. The molecular weight excluding hydrogens is 293 g/mol. The predicted octanol–water partition coefficient (Wildman–Crippen LogP) is 4.78. The lowest BCUT2D eigenvalue weighted by Crippen LogP contribution is -2.04. The van der Waals surface area contributed by atoms with E-state index in [2.05, 4.69) is 0 Å². The molecule has 0 radical (unpaired) electrons. The van der Waals surface area contributed by atoms with Crippen molar-refractivity contribution < 1.29 is 23.1 Å². The minimum atomic E-state index is -4.35. The first kappa shape index (κ1) is 16.1. The average Bonchev–Trinajstić information content (AvgIpc) is 2.47. The second kappa shape index (κ2) is 6.64. The van der Waals surface area contributed by atoms with Crippen molar-refractivity contribution in [3.63, 3.8) is 0 Å². The molecule has 0 bridgehead atoms. The van der Waals surface area contributed by atoms with E-state index in [-0.39, 0.29) is 6.42 Å². The number of aliphatic carboxylic acids is 1. The van der Waals surface area contributed by atoms with Crippen LogP contribution in [0, 0.1) is 0 Å². The van der Waals surface area contributed by atoms with Crippen molar-refractivity contribution in [2.45, 2.75) is 25.4 Å². The number of alkyl halides is 3. The van der Waals surface area contributed by atoms with Crippen LogP contribution in [0.4, 0.5) is 13.2 Å². The highest BCUT2D eigenvalue weighted by Crippen LogP contribution is 2.32. The maximum Gasteiger partial charge on any atom is 0.416 e. The van der Waals surface area contributed by atoms with Crippen LogP contribution >= 0.6 is 0 Å². The third kappa shape index (κ3) is 4.35. The summed E-state index contributed by atoms with van der Waals surface area (Å²) in [4.78, 5) is 10.4. The van der Waals surface area contributed by atoms with Gasteiger partial charge in [-0.2, -0.15) is 13.2 Å². The Labute approximate surface area is 126 Å². The van der Waals surface area contributed by atoms with Crippen LogP contribution in [0.15, 0.2) is 48.5 Å². The van der Waals surface area contributed by atoms with Gasteiger partial charge >= 0.3 is 12.1 Å². The minimum Gasteiger partial charge on any atom is -0.481 e. The Kier molecular flexibility index (Phi) is 4.85. The Morgan fingerprint density at radius 2 is 1.68 bits per heavy atom. The molecule has 0 aliphatic carbocycles. The van der Waals surface area contributed by atoms with Crippen molar-refractivity contribution in [2.24, 2.45) is 0 Å². The first-order valence-electron chi connectivity index (χ1n) is 6.84. The van der Waals surface area contributed by atoms with E-state index in [0.29, 0.717) is 24.0 Å². The van der Waals surface area contributed by atoms with Gasteiger partial charge in [-0.1, -0.05) is 36.4 Å². The molecule has 0 unspecified atom stereocenters. The van der Waals surface area contributed by atoms with Crippen LogP contribution in [-0.4, -0.2) is 11.1 Å². The topological polar surface area (TPSA) is 37.3 Å². The molecule has 0 spiro atoms. The average molecular weight is 308 g/mol. The van der Waals surface area contributed by atoms with E-state index in [9.17, 15) is 18.0 Å². The number of hydrogen-bond donors (Lipinski definition) is 1. The summed E-state index contributed by atoms with van der Waals surface area (Å²) in [7, 11) is 0. The predicted molar refractivity (Wildman–Crippen MR) is 77.5 cm³/mol. The normalized spacial score (nSPS) is 11.4. The van der Waals surface area contributed by atoms with Gasteiger partial charge in [0.1, 0.15) is 0 Å². The number of carboxylic acid groups (broad SMARTS) is 1.